The number of nitrogens with one attached hydrogen (secondary N) is 2. The maximum Gasteiger partial charge on any atom is 0.276 e. The van der Waals surface area contributed by atoms with Gasteiger partial charge in [0.05, 0.1) is 11.9 Å². The van der Waals surface area contributed by atoms with Crippen molar-refractivity contribution in [2.45, 2.75) is 13.8 Å². The molecule has 3 aromatic rings. The minimum atomic E-state index is -0.460. The minimum Gasteiger partial charge on any atom is -0.483 e. The first kappa shape index (κ1) is 19.9. The molecule has 7 nitrogen and oxygen atoms in total. The molecule has 0 aliphatic carbocycles. The number of hydrazine groups is 1. The van der Waals surface area contributed by atoms with Gasteiger partial charge in [-0.1, -0.05) is 36.4 Å². The van der Waals surface area contributed by atoms with E-state index in [-0.39, 0.29) is 6.61 Å². The maximum atomic E-state index is 11.9. The van der Waals surface area contributed by atoms with Crippen LogP contribution in [0.3, 0.4) is 0 Å². The van der Waals surface area contributed by atoms with Gasteiger partial charge in [-0.3, -0.25) is 20.4 Å². The van der Waals surface area contributed by atoms with Crippen LogP contribution in [-0.2, 0) is 9.59 Å². The molecule has 148 valence electrons. The predicted molar refractivity (Wildman–Crippen MR) is 110 cm³/mol. The third-order valence-corrected chi connectivity index (χ3v) is 4.13. The summed E-state index contributed by atoms with van der Waals surface area (Å²) in [6.07, 6.45) is 6.38. The summed E-state index contributed by atoms with van der Waals surface area (Å²) in [6, 6.07) is 15.4. The largest absolute Gasteiger partial charge is 0.483 e. The van der Waals surface area contributed by atoms with E-state index in [1.54, 1.807) is 23.2 Å². The van der Waals surface area contributed by atoms with Gasteiger partial charge >= 0.3 is 0 Å². The summed E-state index contributed by atoms with van der Waals surface area (Å²) in [5, 5.41) is 4.25. The van der Waals surface area contributed by atoms with Crippen molar-refractivity contribution in [3.8, 4) is 11.4 Å². The zero-order valence-electron chi connectivity index (χ0n) is 16.3. The van der Waals surface area contributed by atoms with Gasteiger partial charge in [0.25, 0.3) is 11.8 Å². The van der Waals surface area contributed by atoms with E-state index in [2.05, 4.69) is 16.0 Å². The Hall–Kier alpha value is -3.87. The van der Waals surface area contributed by atoms with Gasteiger partial charge in [0.15, 0.2) is 6.61 Å². The Morgan fingerprint density at radius 3 is 2.48 bits per heavy atom. The Bertz CT molecular complexity index is 1010. The summed E-state index contributed by atoms with van der Waals surface area (Å²) in [5.41, 5.74) is 8.22. The van der Waals surface area contributed by atoms with Crippen LogP contribution in [0.4, 0.5) is 0 Å². The minimum absolute atomic E-state index is 0.195. The molecular formula is C22H22N4O3. The van der Waals surface area contributed by atoms with E-state index in [0.29, 0.717) is 5.75 Å². The fourth-order valence-electron chi connectivity index (χ4n) is 2.69. The molecule has 0 saturated heterocycles. The van der Waals surface area contributed by atoms with Crippen molar-refractivity contribution in [2.24, 2.45) is 0 Å². The second-order valence-electron chi connectivity index (χ2n) is 6.43. The Labute approximate surface area is 169 Å². The number of nitrogens with zero attached hydrogens (tertiary/aromatic N) is 2. The third kappa shape index (κ3) is 5.55. The molecular weight excluding hydrogens is 368 g/mol. The average molecular weight is 390 g/mol. The molecule has 2 amide bonds. The number of aryl methyl sites for hydroxylation is 2. The van der Waals surface area contributed by atoms with E-state index in [1.165, 1.54) is 6.08 Å². The molecule has 1 aromatic heterocycles. The molecule has 0 bridgehead atoms. The van der Waals surface area contributed by atoms with Gasteiger partial charge in [0.2, 0.25) is 0 Å². The van der Waals surface area contributed by atoms with Crippen LogP contribution >= 0.6 is 0 Å². The monoisotopic (exact) mass is 390 g/mol. The van der Waals surface area contributed by atoms with E-state index in [0.717, 1.165) is 22.4 Å². The Balaban J connectivity index is 1.46. The Kier molecular flexibility index (Phi) is 6.42. The second kappa shape index (κ2) is 9.36. The van der Waals surface area contributed by atoms with Crippen molar-refractivity contribution in [2.75, 3.05) is 6.61 Å². The molecule has 7 heteroatoms. The van der Waals surface area contributed by atoms with Gasteiger partial charge < -0.3 is 4.74 Å². The molecule has 2 N–H and O–H groups in total. The van der Waals surface area contributed by atoms with Crippen molar-refractivity contribution in [1.29, 1.82) is 0 Å². The molecule has 29 heavy (non-hydrogen) atoms. The lowest BCUT2D eigenvalue weighted by molar-refractivity contribution is -0.128. The molecule has 0 atom stereocenters. The first-order valence-corrected chi connectivity index (χ1v) is 9.09. The number of carbonyl (C=O) groups is 2. The van der Waals surface area contributed by atoms with Crippen molar-refractivity contribution < 1.29 is 14.3 Å². The number of aromatic nitrogens is 2. The first-order valence-electron chi connectivity index (χ1n) is 9.09. The van der Waals surface area contributed by atoms with Crippen molar-refractivity contribution >= 4 is 17.9 Å². The molecule has 1 heterocycles. The highest BCUT2D eigenvalue weighted by molar-refractivity contribution is 5.93. The van der Waals surface area contributed by atoms with Gasteiger partial charge in [-0.25, -0.2) is 4.68 Å². The number of carbonyl (C=O) groups excluding carboxylic acids is 2. The summed E-state index contributed by atoms with van der Waals surface area (Å²) >= 11 is 0. The van der Waals surface area contributed by atoms with Crippen molar-refractivity contribution in [3.05, 3.63) is 83.7 Å². The van der Waals surface area contributed by atoms with Crippen LogP contribution in [0.25, 0.3) is 11.8 Å². The van der Waals surface area contributed by atoms with Crippen LogP contribution in [0.2, 0.25) is 0 Å². The molecule has 0 saturated carbocycles. The molecule has 0 radical (unpaired) electrons. The van der Waals surface area contributed by atoms with E-state index in [9.17, 15) is 9.59 Å². The van der Waals surface area contributed by atoms with Gasteiger partial charge in [-0.15, -0.1) is 0 Å². The van der Waals surface area contributed by atoms with Crippen molar-refractivity contribution in [1.82, 2.24) is 20.6 Å². The van der Waals surface area contributed by atoms with Gasteiger partial charge in [0.1, 0.15) is 5.75 Å². The molecule has 3 rings (SSSR count). The van der Waals surface area contributed by atoms with Gasteiger partial charge in [0, 0.05) is 17.8 Å². The highest BCUT2D eigenvalue weighted by Gasteiger charge is 2.07. The normalized spacial score (nSPS) is 10.7. The van der Waals surface area contributed by atoms with Gasteiger partial charge in [-0.05, 0) is 43.2 Å². The molecule has 0 fully saturated rings. The molecule has 2 aromatic carbocycles. The van der Waals surface area contributed by atoms with E-state index >= 15 is 0 Å². The van der Waals surface area contributed by atoms with Crippen molar-refractivity contribution in [3.63, 3.8) is 0 Å². The standard InChI is InChI=1S/C22H22N4O3/c1-16-7-6-8-17(2)22(16)29-15-21(28)25-24-20(27)12-11-18-13-23-26(14-18)19-9-4-3-5-10-19/h3-14H,15H2,1-2H3,(H,24,27)(H,25,28)/b12-11+. The second-order valence-corrected chi connectivity index (χ2v) is 6.43. The molecule has 0 spiro atoms. The summed E-state index contributed by atoms with van der Waals surface area (Å²) < 4.78 is 7.26. The van der Waals surface area contributed by atoms with E-state index in [4.69, 9.17) is 4.74 Å². The van der Waals surface area contributed by atoms with Gasteiger partial charge in [-0.2, -0.15) is 5.10 Å². The highest BCUT2D eigenvalue weighted by Crippen LogP contribution is 2.21. The smallest absolute Gasteiger partial charge is 0.276 e. The van der Waals surface area contributed by atoms with Crippen LogP contribution in [0, 0.1) is 13.8 Å². The topological polar surface area (TPSA) is 85.2 Å². The molecule has 0 aliphatic heterocycles. The first-order chi connectivity index (χ1) is 14.0. The lowest BCUT2D eigenvalue weighted by Crippen LogP contribution is -2.43. The maximum absolute atomic E-state index is 11.9. The highest BCUT2D eigenvalue weighted by atomic mass is 16.5. The fraction of sp³-hybridized carbons (Fsp3) is 0.136. The quantitative estimate of drug-likeness (QED) is 0.501. The summed E-state index contributed by atoms with van der Waals surface area (Å²) in [7, 11) is 0. The average Bonchev–Trinajstić information content (AvgIpc) is 3.20. The molecule has 0 unspecified atom stereocenters. The van der Waals surface area contributed by atoms with E-state index in [1.807, 2.05) is 62.4 Å². The lowest BCUT2D eigenvalue weighted by Gasteiger charge is -2.11. The van der Waals surface area contributed by atoms with Crippen LogP contribution < -0.4 is 15.6 Å². The number of hydrogen-bond donors (Lipinski definition) is 2. The summed E-state index contributed by atoms with van der Waals surface area (Å²) in [5.74, 6) is -0.242. The number of ether oxygens (including phenoxy) is 1. The predicted octanol–water partition coefficient (Wildman–Crippen LogP) is 2.73. The fourth-order valence-corrected chi connectivity index (χ4v) is 2.69. The molecule has 0 aliphatic rings. The van der Waals surface area contributed by atoms with Crippen LogP contribution in [-0.4, -0.2) is 28.2 Å². The van der Waals surface area contributed by atoms with Crippen LogP contribution in [0.5, 0.6) is 5.75 Å². The number of benzene rings is 2. The zero-order chi connectivity index (χ0) is 20.6. The lowest BCUT2D eigenvalue weighted by atomic mass is 10.1. The van der Waals surface area contributed by atoms with Crippen LogP contribution in [0.1, 0.15) is 16.7 Å². The third-order valence-electron chi connectivity index (χ3n) is 4.13. The number of amides is 2. The number of para-hydroxylation sites is 2. The number of hydrogen-bond acceptors (Lipinski definition) is 4. The SMILES string of the molecule is Cc1cccc(C)c1OCC(=O)NNC(=O)/C=C/c1cnn(-c2ccccc2)c1. The number of rotatable bonds is 6. The van der Waals surface area contributed by atoms with E-state index < -0.39 is 11.8 Å². The van der Waals surface area contributed by atoms with Crippen LogP contribution in [0.15, 0.2) is 67.0 Å². The zero-order valence-corrected chi connectivity index (χ0v) is 16.3. The summed E-state index contributed by atoms with van der Waals surface area (Å²) in [6.45, 7) is 3.62. The Morgan fingerprint density at radius 2 is 1.76 bits per heavy atom. The summed E-state index contributed by atoms with van der Waals surface area (Å²) in [4.78, 5) is 23.8. The Morgan fingerprint density at radius 1 is 1.03 bits per heavy atom.